The van der Waals surface area contributed by atoms with Crippen molar-refractivity contribution < 1.29 is 9.26 Å². The van der Waals surface area contributed by atoms with Gasteiger partial charge in [0, 0.05) is 32.0 Å². The van der Waals surface area contributed by atoms with Gasteiger partial charge < -0.3 is 14.2 Å². The Bertz CT molecular complexity index is 594. The predicted octanol–water partition coefficient (Wildman–Crippen LogP) is 2.02. The standard InChI is InChI=1S/C15H23N5O2/c1-11-16-9-12(17-11)10-20-7-4-3-5-13(20)15-18-14(19-22-15)6-8-21-2/h9,13H,3-8,10H2,1-2H3,(H,16,17)/t13-/m0/s1. The molecule has 1 saturated heterocycles. The van der Waals surface area contributed by atoms with E-state index in [1.54, 1.807) is 7.11 Å². The average molecular weight is 305 g/mol. The van der Waals surface area contributed by atoms with Gasteiger partial charge in [0.2, 0.25) is 5.89 Å². The van der Waals surface area contributed by atoms with Gasteiger partial charge in [-0.1, -0.05) is 11.6 Å². The summed E-state index contributed by atoms with van der Waals surface area (Å²) in [6.45, 7) is 4.46. The quantitative estimate of drug-likeness (QED) is 0.879. The zero-order valence-electron chi connectivity index (χ0n) is 13.2. The highest BCUT2D eigenvalue weighted by Gasteiger charge is 2.29. The van der Waals surface area contributed by atoms with E-state index in [0.29, 0.717) is 13.0 Å². The summed E-state index contributed by atoms with van der Waals surface area (Å²) in [6, 6.07) is 0.196. The first-order valence-corrected chi connectivity index (χ1v) is 7.82. The van der Waals surface area contributed by atoms with E-state index in [1.165, 1.54) is 12.8 Å². The van der Waals surface area contributed by atoms with Crippen molar-refractivity contribution in [3.05, 3.63) is 29.4 Å². The van der Waals surface area contributed by atoms with E-state index in [-0.39, 0.29) is 6.04 Å². The lowest BCUT2D eigenvalue weighted by atomic mass is 10.0. The van der Waals surface area contributed by atoms with Crippen molar-refractivity contribution in [2.45, 2.75) is 45.2 Å². The number of imidazole rings is 1. The first kappa shape index (κ1) is 15.2. The van der Waals surface area contributed by atoms with Gasteiger partial charge in [-0.3, -0.25) is 4.90 Å². The molecule has 1 fully saturated rings. The number of hydrogen-bond acceptors (Lipinski definition) is 6. The molecule has 3 rings (SSSR count). The number of H-pyrrole nitrogens is 1. The summed E-state index contributed by atoms with van der Waals surface area (Å²) in [4.78, 5) is 14.5. The number of aromatic nitrogens is 4. The van der Waals surface area contributed by atoms with Crippen LogP contribution < -0.4 is 0 Å². The molecule has 3 heterocycles. The monoisotopic (exact) mass is 305 g/mol. The Labute approximate surface area is 130 Å². The minimum absolute atomic E-state index is 0.196. The molecule has 2 aromatic heterocycles. The van der Waals surface area contributed by atoms with Crippen LogP contribution in [0, 0.1) is 6.92 Å². The summed E-state index contributed by atoms with van der Waals surface area (Å²) >= 11 is 0. The Morgan fingerprint density at radius 2 is 2.36 bits per heavy atom. The van der Waals surface area contributed by atoms with Crippen molar-refractivity contribution in [2.75, 3.05) is 20.3 Å². The molecule has 0 saturated carbocycles. The second-order valence-electron chi connectivity index (χ2n) is 5.77. The van der Waals surface area contributed by atoms with Crippen LogP contribution in [0.1, 0.15) is 48.5 Å². The Morgan fingerprint density at radius 3 is 3.14 bits per heavy atom. The normalized spacial score (nSPS) is 19.6. The molecule has 0 unspecified atom stereocenters. The molecule has 0 radical (unpaired) electrons. The summed E-state index contributed by atoms with van der Waals surface area (Å²) in [5.41, 5.74) is 1.13. The Balaban J connectivity index is 1.70. The lowest BCUT2D eigenvalue weighted by Gasteiger charge is -2.32. The molecule has 0 amide bonds. The van der Waals surface area contributed by atoms with Crippen molar-refractivity contribution in [2.24, 2.45) is 0 Å². The molecular weight excluding hydrogens is 282 g/mol. The van der Waals surface area contributed by atoms with Crippen molar-refractivity contribution in [3.63, 3.8) is 0 Å². The lowest BCUT2D eigenvalue weighted by Crippen LogP contribution is -2.33. The van der Waals surface area contributed by atoms with Crippen LogP contribution in [0.2, 0.25) is 0 Å². The number of hydrogen-bond donors (Lipinski definition) is 1. The highest BCUT2D eigenvalue weighted by atomic mass is 16.5. The smallest absolute Gasteiger partial charge is 0.244 e. The maximum absolute atomic E-state index is 5.49. The maximum Gasteiger partial charge on any atom is 0.244 e. The molecule has 7 nitrogen and oxygen atoms in total. The SMILES string of the molecule is COCCc1noc([C@@H]2CCCCN2Cc2cnc(C)[nH]2)n1. The summed E-state index contributed by atoms with van der Waals surface area (Å²) in [5.74, 6) is 2.39. The van der Waals surface area contributed by atoms with Gasteiger partial charge in [-0.2, -0.15) is 4.98 Å². The number of ether oxygens (including phenoxy) is 1. The second kappa shape index (κ2) is 7.02. The van der Waals surface area contributed by atoms with Crippen LogP contribution in [0.5, 0.6) is 0 Å². The van der Waals surface area contributed by atoms with E-state index in [4.69, 9.17) is 9.26 Å². The van der Waals surface area contributed by atoms with Gasteiger partial charge >= 0.3 is 0 Å². The molecule has 22 heavy (non-hydrogen) atoms. The fraction of sp³-hybridized carbons (Fsp3) is 0.667. The van der Waals surface area contributed by atoms with Crippen LogP contribution in [0.3, 0.4) is 0 Å². The Kier molecular flexibility index (Phi) is 4.84. The number of methoxy groups -OCH3 is 1. The van der Waals surface area contributed by atoms with Crippen LogP contribution in [-0.2, 0) is 17.7 Å². The van der Waals surface area contributed by atoms with Crippen molar-refractivity contribution >= 4 is 0 Å². The van der Waals surface area contributed by atoms with Crippen molar-refractivity contribution in [3.8, 4) is 0 Å². The molecule has 0 spiro atoms. The first-order chi connectivity index (χ1) is 10.8. The van der Waals surface area contributed by atoms with E-state index in [1.807, 2.05) is 13.1 Å². The van der Waals surface area contributed by atoms with E-state index in [0.717, 1.165) is 42.7 Å². The van der Waals surface area contributed by atoms with E-state index in [9.17, 15) is 0 Å². The minimum Gasteiger partial charge on any atom is -0.384 e. The average Bonchev–Trinajstić information content (AvgIpc) is 3.15. The van der Waals surface area contributed by atoms with Crippen LogP contribution in [0.15, 0.2) is 10.7 Å². The van der Waals surface area contributed by atoms with Gasteiger partial charge in [0.1, 0.15) is 5.82 Å². The van der Waals surface area contributed by atoms with E-state index < -0.39 is 0 Å². The molecule has 1 aliphatic rings. The number of nitrogens with zero attached hydrogens (tertiary/aromatic N) is 4. The summed E-state index contributed by atoms with van der Waals surface area (Å²) in [6.07, 6.45) is 6.04. The van der Waals surface area contributed by atoms with Crippen molar-refractivity contribution in [1.29, 1.82) is 0 Å². The van der Waals surface area contributed by atoms with Gasteiger partial charge in [-0.25, -0.2) is 4.98 Å². The summed E-state index contributed by atoms with van der Waals surface area (Å²) in [7, 11) is 1.68. The van der Waals surface area contributed by atoms with Gasteiger partial charge in [0.15, 0.2) is 5.82 Å². The fourth-order valence-corrected chi connectivity index (χ4v) is 2.93. The van der Waals surface area contributed by atoms with Gasteiger partial charge in [0.25, 0.3) is 0 Å². The van der Waals surface area contributed by atoms with E-state index >= 15 is 0 Å². The highest BCUT2D eigenvalue weighted by Crippen LogP contribution is 2.31. The number of nitrogens with one attached hydrogen (secondary N) is 1. The summed E-state index contributed by atoms with van der Waals surface area (Å²) < 4.78 is 10.5. The third-order valence-corrected chi connectivity index (χ3v) is 4.04. The van der Waals surface area contributed by atoms with Crippen molar-refractivity contribution in [1.82, 2.24) is 25.0 Å². The molecule has 0 bridgehead atoms. The molecule has 1 atom stereocenters. The molecule has 1 aliphatic heterocycles. The number of aromatic amines is 1. The third kappa shape index (κ3) is 3.53. The lowest BCUT2D eigenvalue weighted by molar-refractivity contribution is 0.110. The van der Waals surface area contributed by atoms with E-state index in [2.05, 4.69) is 25.0 Å². The Morgan fingerprint density at radius 1 is 1.45 bits per heavy atom. The molecule has 2 aromatic rings. The number of likely N-dealkylation sites (tertiary alicyclic amines) is 1. The first-order valence-electron chi connectivity index (χ1n) is 7.82. The van der Waals surface area contributed by atoms with Gasteiger partial charge in [-0.15, -0.1) is 0 Å². The minimum atomic E-state index is 0.196. The number of rotatable bonds is 6. The molecule has 120 valence electrons. The zero-order valence-corrected chi connectivity index (χ0v) is 13.2. The number of aryl methyl sites for hydroxylation is 1. The van der Waals surface area contributed by atoms with Gasteiger partial charge in [0.05, 0.1) is 12.6 Å². The molecule has 0 aliphatic carbocycles. The second-order valence-corrected chi connectivity index (χ2v) is 5.77. The number of piperidine rings is 1. The molecule has 1 N–H and O–H groups in total. The Hall–Kier alpha value is -1.73. The van der Waals surface area contributed by atoms with Crippen LogP contribution in [-0.4, -0.2) is 45.3 Å². The highest BCUT2D eigenvalue weighted by molar-refractivity contribution is 5.03. The molecular formula is C15H23N5O2. The maximum atomic E-state index is 5.49. The fourth-order valence-electron chi connectivity index (χ4n) is 2.93. The summed E-state index contributed by atoms with van der Waals surface area (Å²) in [5, 5.41) is 4.06. The van der Waals surface area contributed by atoms with Crippen LogP contribution in [0.25, 0.3) is 0 Å². The van der Waals surface area contributed by atoms with Gasteiger partial charge in [-0.05, 0) is 26.3 Å². The van der Waals surface area contributed by atoms with Crippen LogP contribution >= 0.6 is 0 Å². The third-order valence-electron chi connectivity index (χ3n) is 4.04. The zero-order chi connectivity index (χ0) is 15.4. The van der Waals surface area contributed by atoms with Crippen LogP contribution in [0.4, 0.5) is 0 Å². The topological polar surface area (TPSA) is 80.1 Å². The largest absolute Gasteiger partial charge is 0.384 e. The predicted molar refractivity (Wildman–Crippen MR) is 80.2 cm³/mol. The molecule has 7 heteroatoms. The molecule has 0 aromatic carbocycles.